The molecule has 0 bridgehead atoms. The van der Waals surface area contributed by atoms with Crippen LogP contribution in [0.15, 0.2) is 41.0 Å². The molecule has 2 aromatic rings. The van der Waals surface area contributed by atoms with Gasteiger partial charge in [-0.3, -0.25) is 0 Å². The molecular formula is C12H10Cl2O2. The summed E-state index contributed by atoms with van der Waals surface area (Å²) in [6, 6.07) is 8.78. The predicted octanol–water partition coefficient (Wildman–Crippen LogP) is 3.86. The van der Waals surface area contributed by atoms with Crippen LogP contribution in [-0.2, 0) is 6.42 Å². The Labute approximate surface area is 103 Å². The van der Waals surface area contributed by atoms with Crippen LogP contribution in [0.2, 0.25) is 10.0 Å². The zero-order valence-electron chi connectivity index (χ0n) is 8.36. The summed E-state index contributed by atoms with van der Waals surface area (Å²) in [5.41, 5.74) is 0.915. The van der Waals surface area contributed by atoms with Gasteiger partial charge in [-0.1, -0.05) is 29.3 Å². The van der Waals surface area contributed by atoms with Crippen molar-refractivity contribution in [3.8, 4) is 0 Å². The van der Waals surface area contributed by atoms with E-state index < -0.39 is 6.10 Å². The van der Waals surface area contributed by atoms with Gasteiger partial charge in [-0.15, -0.1) is 0 Å². The first kappa shape index (κ1) is 11.5. The maximum Gasteiger partial charge on any atom is 0.132 e. The second-order valence-electron chi connectivity index (χ2n) is 3.48. The number of hydrogen-bond donors (Lipinski definition) is 1. The van der Waals surface area contributed by atoms with Crippen LogP contribution in [0, 0.1) is 0 Å². The van der Waals surface area contributed by atoms with Gasteiger partial charge in [0, 0.05) is 6.42 Å². The van der Waals surface area contributed by atoms with E-state index in [1.54, 1.807) is 24.3 Å². The number of rotatable bonds is 3. The number of hydrogen-bond acceptors (Lipinski definition) is 2. The number of aliphatic hydroxyl groups is 1. The van der Waals surface area contributed by atoms with Crippen LogP contribution in [0.5, 0.6) is 0 Å². The Morgan fingerprint density at radius 3 is 2.62 bits per heavy atom. The van der Waals surface area contributed by atoms with Crippen molar-refractivity contribution in [2.75, 3.05) is 0 Å². The highest BCUT2D eigenvalue weighted by atomic mass is 35.5. The zero-order valence-corrected chi connectivity index (χ0v) is 9.87. The molecule has 2 rings (SSSR count). The largest absolute Gasteiger partial charge is 0.467 e. The highest BCUT2D eigenvalue weighted by molar-refractivity contribution is 6.42. The number of halogens is 2. The van der Waals surface area contributed by atoms with E-state index in [1.165, 1.54) is 6.26 Å². The van der Waals surface area contributed by atoms with Gasteiger partial charge in [0.25, 0.3) is 0 Å². The molecule has 0 saturated carbocycles. The number of aliphatic hydroxyl groups excluding tert-OH is 1. The number of benzene rings is 1. The lowest BCUT2D eigenvalue weighted by Gasteiger charge is -2.08. The van der Waals surface area contributed by atoms with Gasteiger partial charge in [0.15, 0.2) is 0 Å². The second kappa shape index (κ2) is 4.91. The average Bonchev–Trinajstić information content (AvgIpc) is 2.77. The van der Waals surface area contributed by atoms with Crippen molar-refractivity contribution in [1.82, 2.24) is 0 Å². The molecule has 2 nitrogen and oxygen atoms in total. The van der Waals surface area contributed by atoms with Crippen LogP contribution in [0.3, 0.4) is 0 Å². The Morgan fingerprint density at radius 2 is 2.00 bits per heavy atom. The third-order valence-corrected chi connectivity index (χ3v) is 3.02. The highest BCUT2D eigenvalue weighted by Gasteiger charge is 2.11. The van der Waals surface area contributed by atoms with Gasteiger partial charge in [0.1, 0.15) is 11.9 Å². The summed E-state index contributed by atoms with van der Waals surface area (Å²) in [5, 5.41) is 10.9. The molecule has 1 N–H and O–H groups in total. The summed E-state index contributed by atoms with van der Waals surface area (Å²) in [6.07, 6.45) is 1.32. The van der Waals surface area contributed by atoms with E-state index in [0.29, 0.717) is 22.2 Å². The summed E-state index contributed by atoms with van der Waals surface area (Å²) < 4.78 is 5.11. The number of furan rings is 1. The average molecular weight is 257 g/mol. The summed E-state index contributed by atoms with van der Waals surface area (Å²) in [4.78, 5) is 0. The summed E-state index contributed by atoms with van der Waals surface area (Å²) in [7, 11) is 0. The van der Waals surface area contributed by atoms with Crippen molar-refractivity contribution in [2.45, 2.75) is 12.5 Å². The minimum Gasteiger partial charge on any atom is -0.467 e. The topological polar surface area (TPSA) is 33.4 Å². The molecule has 0 radical (unpaired) electrons. The summed E-state index contributed by atoms with van der Waals surface area (Å²) in [6.45, 7) is 0. The Hall–Kier alpha value is -0.960. The van der Waals surface area contributed by atoms with Crippen LogP contribution in [0.4, 0.5) is 0 Å². The summed E-state index contributed by atoms with van der Waals surface area (Å²) in [5.74, 6) is 0.547. The third-order valence-electron chi connectivity index (χ3n) is 2.28. The van der Waals surface area contributed by atoms with Crippen molar-refractivity contribution >= 4 is 23.2 Å². The minimum atomic E-state index is -0.660. The van der Waals surface area contributed by atoms with E-state index in [4.69, 9.17) is 27.6 Å². The molecule has 1 unspecified atom stereocenters. The molecular weight excluding hydrogens is 247 g/mol. The normalized spacial score (nSPS) is 12.7. The predicted molar refractivity (Wildman–Crippen MR) is 63.8 cm³/mol. The molecule has 0 amide bonds. The lowest BCUT2D eigenvalue weighted by molar-refractivity contribution is 0.150. The molecule has 0 aliphatic rings. The quantitative estimate of drug-likeness (QED) is 0.905. The first-order valence-corrected chi connectivity index (χ1v) is 5.58. The van der Waals surface area contributed by atoms with E-state index in [0.717, 1.165) is 5.56 Å². The van der Waals surface area contributed by atoms with Gasteiger partial charge in [-0.05, 0) is 29.8 Å². The van der Waals surface area contributed by atoms with Crippen molar-refractivity contribution < 1.29 is 9.52 Å². The highest BCUT2D eigenvalue weighted by Crippen LogP contribution is 2.25. The van der Waals surface area contributed by atoms with Crippen molar-refractivity contribution in [3.63, 3.8) is 0 Å². The van der Waals surface area contributed by atoms with Crippen molar-refractivity contribution in [1.29, 1.82) is 0 Å². The molecule has 0 aliphatic carbocycles. The van der Waals surface area contributed by atoms with Crippen LogP contribution < -0.4 is 0 Å². The Morgan fingerprint density at radius 1 is 1.19 bits per heavy atom. The summed E-state index contributed by atoms with van der Waals surface area (Å²) >= 11 is 11.7. The van der Waals surface area contributed by atoms with Gasteiger partial charge in [0.2, 0.25) is 0 Å². The van der Waals surface area contributed by atoms with E-state index in [1.807, 2.05) is 6.07 Å². The fraction of sp³-hybridized carbons (Fsp3) is 0.167. The lowest BCUT2D eigenvalue weighted by Crippen LogP contribution is -2.00. The van der Waals surface area contributed by atoms with Crippen LogP contribution in [0.1, 0.15) is 17.4 Å². The molecule has 16 heavy (non-hydrogen) atoms. The van der Waals surface area contributed by atoms with Crippen molar-refractivity contribution in [2.24, 2.45) is 0 Å². The molecule has 0 fully saturated rings. The monoisotopic (exact) mass is 256 g/mol. The van der Waals surface area contributed by atoms with Gasteiger partial charge in [-0.25, -0.2) is 0 Å². The molecule has 1 heterocycles. The minimum absolute atomic E-state index is 0.449. The molecule has 0 spiro atoms. The van der Waals surface area contributed by atoms with E-state index >= 15 is 0 Å². The standard InChI is InChI=1S/C12H10Cl2O2/c13-9-4-3-8(6-10(9)14)7-11(15)12-2-1-5-16-12/h1-6,11,15H,7H2. The van der Waals surface area contributed by atoms with E-state index in [-0.39, 0.29) is 0 Å². The molecule has 4 heteroatoms. The zero-order chi connectivity index (χ0) is 11.5. The smallest absolute Gasteiger partial charge is 0.132 e. The first-order chi connectivity index (χ1) is 7.66. The SMILES string of the molecule is OC(Cc1ccc(Cl)c(Cl)c1)c1ccco1. The van der Waals surface area contributed by atoms with Crippen LogP contribution in [0.25, 0.3) is 0 Å². The Balaban J connectivity index is 2.12. The molecule has 1 atom stereocenters. The maximum absolute atomic E-state index is 9.85. The van der Waals surface area contributed by atoms with Crippen LogP contribution >= 0.6 is 23.2 Å². The Bertz CT molecular complexity index is 466. The van der Waals surface area contributed by atoms with Gasteiger partial charge in [0.05, 0.1) is 16.3 Å². The second-order valence-corrected chi connectivity index (χ2v) is 4.30. The van der Waals surface area contributed by atoms with Crippen molar-refractivity contribution in [3.05, 3.63) is 58.0 Å². The third kappa shape index (κ3) is 2.59. The molecule has 1 aromatic heterocycles. The Kier molecular flexibility index (Phi) is 3.54. The van der Waals surface area contributed by atoms with E-state index in [2.05, 4.69) is 0 Å². The van der Waals surface area contributed by atoms with E-state index in [9.17, 15) is 5.11 Å². The van der Waals surface area contributed by atoms with Gasteiger partial charge < -0.3 is 9.52 Å². The fourth-order valence-electron chi connectivity index (χ4n) is 1.47. The molecule has 0 aliphatic heterocycles. The van der Waals surface area contributed by atoms with Crippen LogP contribution in [-0.4, -0.2) is 5.11 Å². The van der Waals surface area contributed by atoms with Gasteiger partial charge >= 0.3 is 0 Å². The molecule has 0 saturated heterocycles. The molecule has 1 aromatic carbocycles. The fourth-order valence-corrected chi connectivity index (χ4v) is 1.79. The van der Waals surface area contributed by atoms with Gasteiger partial charge in [-0.2, -0.15) is 0 Å². The molecule has 84 valence electrons. The maximum atomic E-state index is 9.85. The lowest BCUT2D eigenvalue weighted by atomic mass is 10.1. The first-order valence-electron chi connectivity index (χ1n) is 4.82.